The van der Waals surface area contributed by atoms with Gasteiger partial charge in [-0.3, -0.25) is 9.36 Å². The lowest BCUT2D eigenvalue weighted by molar-refractivity contribution is 0.501. The molecule has 3 rings (SSSR count). The molecule has 1 aromatic rings. The van der Waals surface area contributed by atoms with Crippen molar-refractivity contribution in [3.05, 3.63) is 27.4 Å². The maximum absolute atomic E-state index is 12.4. The maximum Gasteiger partial charge on any atom is 0.257 e. The smallest absolute Gasteiger partial charge is 0.257 e. The number of hydrogen-bond acceptors (Lipinski definition) is 3. The van der Waals surface area contributed by atoms with Gasteiger partial charge in [-0.2, -0.15) is 0 Å². The maximum atomic E-state index is 12.4. The average molecular weight is 219 g/mol. The van der Waals surface area contributed by atoms with Gasteiger partial charge in [0.1, 0.15) is 5.82 Å². The molecular weight excluding hydrogens is 202 g/mol. The van der Waals surface area contributed by atoms with Crippen LogP contribution in [-0.4, -0.2) is 22.6 Å². The molecule has 0 aromatic carbocycles. The van der Waals surface area contributed by atoms with E-state index in [-0.39, 0.29) is 5.56 Å². The first-order chi connectivity index (χ1) is 7.77. The van der Waals surface area contributed by atoms with Crippen LogP contribution in [0.5, 0.6) is 0 Å². The number of rotatable bonds is 1. The molecule has 0 radical (unpaired) electrons. The first-order valence-electron chi connectivity index (χ1n) is 6.09. The van der Waals surface area contributed by atoms with E-state index in [2.05, 4.69) is 10.3 Å². The summed E-state index contributed by atoms with van der Waals surface area (Å²) >= 11 is 0. The van der Waals surface area contributed by atoms with Crippen molar-refractivity contribution in [3.8, 4) is 0 Å². The summed E-state index contributed by atoms with van der Waals surface area (Å²) in [6.07, 6.45) is 4.03. The second kappa shape index (κ2) is 3.70. The standard InChI is InChI=1S/C12H17N3O/c1-8-14-11-4-2-3-10(11)12(16)15(8)9-5-6-13-7-9/h9,13H,2-7H2,1H3. The molecule has 0 saturated carbocycles. The highest BCUT2D eigenvalue weighted by atomic mass is 16.1. The first kappa shape index (κ1) is 10.0. The SMILES string of the molecule is Cc1nc2c(c(=O)n1C1CCNC1)CCC2. The number of hydrogen-bond donors (Lipinski definition) is 1. The van der Waals surface area contributed by atoms with Gasteiger partial charge in [0.2, 0.25) is 0 Å². The second-order valence-corrected chi connectivity index (χ2v) is 4.76. The topological polar surface area (TPSA) is 46.9 Å². The molecule has 2 heterocycles. The summed E-state index contributed by atoms with van der Waals surface area (Å²) in [7, 11) is 0. The number of aryl methyl sites for hydroxylation is 2. The van der Waals surface area contributed by atoms with E-state index in [1.165, 1.54) is 0 Å². The summed E-state index contributed by atoms with van der Waals surface area (Å²) in [6.45, 7) is 3.87. The van der Waals surface area contributed by atoms with Crippen molar-refractivity contribution in [1.29, 1.82) is 0 Å². The van der Waals surface area contributed by atoms with E-state index in [0.29, 0.717) is 6.04 Å². The highest BCUT2D eigenvalue weighted by Gasteiger charge is 2.24. The molecule has 1 unspecified atom stereocenters. The van der Waals surface area contributed by atoms with Crippen LogP contribution in [0, 0.1) is 6.92 Å². The highest BCUT2D eigenvalue weighted by molar-refractivity contribution is 5.24. The van der Waals surface area contributed by atoms with Crippen LogP contribution in [0.2, 0.25) is 0 Å². The van der Waals surface area contributed by atoms with Gasteiger partial charge >= 0.3 is 0 Å². The van der Waals surface area contributed by atoms with Crippen molar-refractivity contribution in [2.24, 2.45) is 0 Å². The van der Waals surface area contributed by atoms with E-state index in [1.807, 2.05) is 11.5 Å². The fourth-order valence-electron chi connectivity index (χ4n) is 2.91. The monoisotopic (exact) mass is 219 g/mol. The number of fused-ring (bicyclic) bond motifs is 1. The van der Waals surface area contributed by atoms with E-state index in [1.54, 1.807) is 0 Å². The number of nitrogens with one attached hydrogen (secondary N) is 1. The van der Waals surface area contributed by atoms with Crippen molar-refractivity contribution in [2.45, 2.75) is 38.6 Å². The van der Waals surface area contributed by atoms with Crippen molar-refractivity contribution < 1.29 is 0 Å². The molecule has 2 aliphatic rings. The minimum Gasteiger partial charge on any atom is -0.315 e. The van der Waals surface area contributed by atoms with E-state index in [0.717, 1.165) is 55.9 Å². The van der Waals surface area contributed by atoms with Gasteiger partial charge in [0.05, 0.1) is 11.7 Å². The summed E-state index contributed by atoms with van der Waals surface area (Å²) in [5.74, 6) is 0.888. The van der Waals surface area contributed by atoms with Gasteiger partial charge in [-0.1, -0.05) is 0 Å². The Balaban J connectivity index is 2.14. The molecule has 1 aliphatic heterocycles. The molecule has 1 atom stereocenters. The lowest BCUT2D eigenvalue weighted by Gasteiger charge is -2.17. The molecule has 0 spiro atoms. The first-order valence-corrected chi connectivity index (χ1v) is 6.09. The van der Waals surface area contributed by atoms with E-state index in [4.69, 9.17) is 0 Å². The van der Waals surface area contributed by atoms with Gasteiger partial charge in [-0.15, -0.1) is 0 Å². The molecule has 1 N–H and O–H groups in total. The Labute approximate surface area is 94.7 Å². The molecule has 0 bridgehead atoms. The predicted molar refractivity (Wildman–Crippen MR) is 61.8 cm³/mol. The Morgan fingerprint density at radius 1 is 1.44 bits per heavy atom. The summed E-state index contributed by atoms with van der Waals surface area (Å²) in [6, 6.07) is 0.311. The molecule has 1 aromatic heterocycles. The molecule has 4 nitrogen and oxygen atoms in total. The van der Waals surface area contributed by atoms with Crippen molar-refractivity contribution in [2.75, 3.05) is 13.1 Å². The van der Waals surface area contributed by atoms with Crippen LogP contribution < -0.4 is 10.9 Å². The predicted octanol–water partition coefficient (Wildman–Crippen LogP) is 0.575. The number of aromatic nitrogens is 2. The zero-order valence-electron chi connectivity index (χ0n) is 9.62. The second-order valence-electron chi connectivity index (χ2n) is 4.76. The minimum absolute atomic E-state index is 0.216. The van der Waals surface area contributed by atoms with Crippen LogP contribution in [0.25, 0.3) is 0 Å². The van der Waals surface area contributed by atoms with Gasteiger partial charge in [0.25, 0.3) is 5.56 Å². The third kappa shape index (κ3) is 1.40. The van der Waals surface area contributed by atoms with E-state index >= 15 is 0 Å². The Morgan fingerprint density at radius 3 is 3.06 bits per heavy atom. The Morgan fingerprint density at radius 2 is 2.31 bits per heavy atom. The fraction of sp³-hybridized carbons (Fsp3) is 0.667. The molecule has 1 fully saturated rings. The van der Waals surface area contributed by atoms with Gasteiger partial charge in [0, 0.05) is 12.1 Å². The molecule has 86 valence electrons. The van der Waals surface area contributed by atoms with Gasteiger partial charge in [-0.25, -0.2) is 4.98 Å². The lowest BCUT2D eigenvalue weighted by Crippen LogP contribution is -2.31. The van der Waals surface area contributed by atoms with E-state index in [9.17, 15) is 4.79 Å². The van der Waals surface area contributed by atoms with Crippen LogP contribution in [-0.2, 0) is 12.8 Å². The lowest BCUT2D eigenvalue weighted by atomic mass is 10.2. The highest BCUT2D eigenvalue weighted by Crippen LogP contribution is 2.20. The Kier molecular flexibility index (Phi) is 2.32. The average Bonchev–Trinajstić information content (AvgIpc) is 2.87. The van der Waals surface area contributed by atoms with Crippen LogP contribution >= 0.6 is 0 Å². The van der Waals surface area contributed by atoms with Crippen molar-refractivity contribution >= 4 is 0 Å². The molecule has 1 saturated heterocycles. The van der Waals surface area contributed by atoms with Crippen molar-refractivity contribution in [3.63, 3.8) is 0 Å². The summed E-state index contributed by atoms with van der Waals surface area (Å²) in [5.41, 5.74) is 2.23. The van der Waals surface area contributed by atoms with Gasteiger partial charge in [0.15, 0.2) is 0 Å². The van der Waals surface area contributed by atoms with Crippen LogP contribution in [0.3, 0.4) is 0 Å². The summed E-state index contributed by atoms with van der Waals surface area (Å²) < 4.78 is 1.91. The van der Waals surface area contributed by atoms with Gasteiger partial charge < -0.3 is 5.32 Å². The van der Waals surface area contributed by atoms with Gasteiger partial charge in [-0.05, 0) is 39.2 Å². The molecule has 0 amide bonds. The molecular formula is C12H17N3O. The molecule has 16 heavy (non-hydrogen) atoms. The summed E-state index contributed by atoms with van der Waals surface area (Å²) in [4.78, 5) is 17.0. The Bertz CT molecular complexity index is 472. The fourth-order valence-corrected chi connectivity index (χ4v) is 2.91. The normalized spacial score (nSPS) is 23.7. The number of nitrogens with zero attached hydrogens (tertiary/aromatic N) is 2. The summed E-state index contributed by atoms with van der Waals surface area (Å²) in [5, 5.41) is 3.31. The third-order valence-electron chi connectivity index (χ3n) is 3.71. The van der Waals surface area contributed by atoms with Crippen LogP contribution in [0.15, 0.2) is 4.79 Å². The zero-order valence-corrected chi connectivity index (χ0v) is 9.62. The van der Waals surface area contributed by atoms with Crippen LogP contribution in [0.4, 0.5) is 0 Å². The third-order valence-corrected chi connectivity index (χ3v) is 3.71. The Hall–Kier alpha value is -1.16. The zero-order chi connectivity index (χ0) is 11.1. The largest absolute Gasteiger partial charge is 0.315 e. The molecule has 4 heteroatoms. The molecule has 1 aliphatic carbocycles. The quantitative estimate of drug-likeness (QED) is 0.751. The van der Waals surface area contributed by atoms with Crippen molar-refractivity contribution in [1.82, 2.24) is 14.9 Å². The van der Waals surface area contributed by atoms with Crippen LogP contribution in [0.1, 0.15) is 36.0 Å². The van der Waals surface area contributed by atoms with E-state index < -0.39 is 0 Å². The minimum atomic E-state index is 0.216.